The normalized spacial score (nSPS) is 9.39. The molecule has 9 N–H and O–H groups in total. The molecule has 10 heteroatoms. The fourth-order valence-corrected chi connectivity index (χ4v) is 2.31. The summed E-state index contributed by atoms with van der Waals surface area (Å²) in [5.41, 5.74) is 0.176. The average Bonchev–Trinajstić information content (AvgIpc) is 2.91. The van der Waals surface area contributed by atoms with Gasteiger partial charge in [-0.3, -0.25) is 0 Å². The number of aliphatic hydroxyl groups is 8. The zero-order valence-electron chi connectivity index (χ0n) is 24.1. The molecule has 0 radical (unpaired) electrons. The first kappa shape index (κ1) is 46.7. The molecule has 38 heavy (non-hydrogen) atoms. The van der Waals surface area contributed by atoms with Gasteiger partial charge in [0.15, 0.2) is 0 Å². The van der Waals surface area contributed by atoms with Gasteiger partial charge in [-0.2, -0.15) is 0 Å². The highest BCUT2D eigenvalue weighted by Gasteiger charge is 1.90. The molecule has 0 bridgehead atoms. The minimum Gasteiger partial charge on any atom is -0.478 e. The Bertz CT molecular complexity index is 312. The van der Waals surface area contributed by atoms with Crippen molar-refractivity contribution in [2.24, 2.45) is 0 Å². The second-order valence-electron chi connectivity index (χ2n) is 8.53. The Kier molecular flexibility index (Phi) is 64.4. The van der Waals surface area contributed by atoms with E-state index in [1.165, 1.54) is 6.92 Å². The summed E-state index contributed by atoms with van der Waals surface area (Å²) >= 11 is 0. The maximum absolute atomic E-state index is 9.60. The van der Waals surface area contributed by atoms with Crippen LogP contribution < -0.4 is 0 Å². The van der Waals surface area contributed by atoms with Gasteiger partial charge in [-0.15, -0.1) is 0 Å². The lowest BCUT2D eigenvalue weighted by Gasteiger charge is -1.93. The molecule has 10 nitrogen and oxygen atoms in total. The van der Waals surface area contributed by atoms with Crippen LogP contribution >= 0.6 is 0 Å². The lowest BCUT2D eigenvalue weighted by Crippen LogP contribution is -1.92. The number of rotatable bonds is 21. The van der Waals surface area contributed by atoms with E-state index in [1.807, 2.05) is 0 Å². The molecule has 0 atom stereocenters. The van der Waals surface area contributed by atoms with Crippen molar-refractivity contribution in [3.8, 4) is 0 Å². The third-order valence-electron chi connectivity index (χ3n) is 4.63. The van der Waals surface area contributed by atoms with Gasteiger partial charge in [0.05, 0.1) is 0 Å². The number of carbonyl (C=O) groups is 1. The van der Waals surface area contributed by atoms with Crippen molar-refractivity contribution < 1.29 is 50.8 Å². The third kappa shape index (κ3) is 76.5. The van der Waals surface area contributed by atoms with Gasteiger partial charge < -0.3 is 46.0 Å². The quantitative estimate of drug-likeness (QED) is 0.0745. The van der Waals surface area contributed by atoms with Crippen LogP contribution in [0.5, 0.6) is 0 Å². The van der Waals surface area contributed by atoms with E-state index in [4.69, 9.17) is 46.0 Å². The Morgan fingerprint density at radius 1 is 0.395 bits per heavy atom. The smallest absolute Gasteiger partial charge is 0.330 e. The van der Waals surface area contributed by atoms with Crippen LogP contribution in [0, 0.1) is 0 Å². The van der Waals surface area contributed by atoms with Gasteiger partial charge in [-0.05, 0) is 58.3 Å². The van der Waals surface area contributed by atoms with Crippen molar-refractivity contribution in [1.29, 1.82) is 0 Å². The monoisotopic (exact) mass is 558 g/mol. The zero-order valence-corrected chi connectivity index (χ0v) is 24.1. The summed E-state index contributed by atoms with van der Waals surface area (Å²) in [6, 6.07) is 0. The van der Waals surface area contributed by atoms with Crippen molar-refractivity contribution in [2.45, 2.75) is 110 Å². The van der Waals surface area contributed by atoms with E-state index in [9.17, 15) is 4.79 Å². The van der Waals surface area contributed by atoms with E-state index in [1.54, 1.807) is 0 Å². The van der Waals surface area contributed by atoms with Gasteiger partial charge in [0, 0.05) is 58.4 Å². The van der Waals surface area contributed by atoms with Gasteiger partial charge >= 0.3 is 5.97 Å². The van der Waals surface area contributed by atoms with E-state index in [0.29, 0.717) is 0 Å². The Labute approximate surface area is 231 Å². The first-order valence-electron chi connectivity index (χ1n) is 14.1. The number of hydrogen-bond donors (Lipinski definition) is 9. The highest BCUT2D eigenvalue weighted by atomic mass is 16.4. The van der Waals surface area contributed by atoms with Crippen molar-refractivity contribution in [2.75, 3.05) is 52.9 Å². The summed E-state index contributed by atoms with van der Waals surface area (Å²) in [6.45, 7) is 6.87. The van der Waals surface area contributed by atoms with Crippen molar-refractivity contribution in [1.82, 2.24) is 0 Å². The second kappa shape index (κ2) is 52.3. The number of carboxylic acid groups (broad SMARTS) is 1. The first-order chi connectivity index (χ1) is 18.3. The van der Waals surface area contributed by atoms with E-state index < -0.39 is 5.97 Å². The molecule has 0 rings (SSSR count). The summed E-state index contributed by atoms with van der Waals surface area (Å²) in [5, 5.41) is 74.3. The van der Waals surface area contributed by atoms with Crippen LogP contribution in [-0.2, 0) is 4.79 Å². The lowest BCUT2D eigenvalue weighted by molar-refractivity contribution is -0.132. The number of hydrogen-bond acceptors (Lipinski definition) is 9. The number of aliphatic hydroxyl groups excluding tert-OH is 8. The highest BCUT2D eigenvalue weighted by Crippen LogP contribution is 1.98. The number of aliphatic carboxylic acids is 1. The second-order valence-corrected chi connectivity index (χ2v) is 8.53. The molecular weight excluding hydrogens is 496 g/mol. The number of unbranched alkanes of at least 4 members (excludes halogenated alkanes) is 12. The molecule has 0 aliphatic heterocycles. The van der Waals surface area contributed by atoms with Crippen LogP contribution in [0.15, 0.2) is 12.2 Å². The van der Waals surface area contributed by atoms with Crippen LogP contribution in [0.2, 0.25) is 0 Å². The molecule has 0 aromatic rings. The molecule has 0 aromatic carbocycles. The molecule has 0 unspecified atom stereocenters. The molecular formula is C28H62O10. The largest absolute Gasteiger partial charge is 0.478 e. The molecule has 0 fully saturated rings. The Balaban J connectivity index is -0.000000120. The predicted molar refractivity (Wildman–Crippen MR) is 153 cm³/mol. The molecule has 0 saturated heterocycles. The van der Waals surface area contributed by atoms with Gasteiger partial charge in [0.2, 0.25) is 0 Å². The lowest BCUT2D eigenvalue weighted by atomic mass is 10.2. The van der Waals surface area contributed by atoms with Crippen LogP contribution in [0.25, 0.3) is 0 Å². The van der Waals surface area contributed by atoms with Crippen LogP contribution in [0.1, 0.15) is 110 Å². The Morgan fingerprint density at radius 3 is 0.553 bits per heavy atom. The Morgan fingerprint density at radius 2 is 0.500 bits per heavy atom. The molecule has 234 valence electrons. The van der Waals surface area contributed by atoms with Gasteiger partial charge in [-0.25, -0.2) is 4.79 Å². The molecule has 0 aliphatic carbocycles. The molecule has 0 saturated carbocycles. The summed E-state index contributed by atoms with van der Waals surface area (Å²) in [5.74, 6) is -0.935. The van der Waals surface area contributed by atoms with E-state index >= 15 is 0 Å². The van der Waals surface area contributed by atoms with Crippen LogP contribution in [-0.4, -0.2) is 105 Å². The molecule has 0 spiro atoms. The van der Waals surface area contributed by atoms with Crippen LogP contribution in [0.4, 0.5) is 0 Å². The summed E-state index contributed by atoms with van der Waals surface area (Å²) in [4.78, 5) is 9.60. The highest BCUT2D eigenvalue weighted by molar-refractivity contribution is 5.84. The van der Waals surface area contributed by atoms with E-state index in [0.717, 1.165) is 103 Å². The van der Waals surface area contributed by atoms with Crippen molar-refractivity contribution in [3.05, 3.63) is 12.2 Å². The maximum atomic E-state index is 9.60. The topological polar surface area (TPSA) is 199 Å². The summed E-state index contributed by atoms with van der Waals surface area (Å²) in [7, 11) is 0. The van der Waals surface area contributed by atoms with Gasteiger partial charge in [0.25, 0.3) is 0 Å². The standard InChI is InChI=1S/4C6H14O2.C4H6O2/c4*7-5-3-1-2-4-6-8;1-3(2)4(5)6/h4*7-8H,1-6H2;1H2,2H3,(H,5,6). The van der Waals surface area contributed by atoms with Crippen molar-refractivity contribution >= 4 is 5.97 Å². The summed E-state index contributed by atoms with van der Waals surface area (Å²) < 4.78 is 0. The maximum Gasteiger partial charge on any atom is 0.330 e. The van der Waals surface area contributed by atoms with Gasteiger partial charge in [-0.1, -0.05) is 57.9 Å². The van der Waals surface area contributed by atoms with Crippen LogP contribution in [0.3, 0.4) is 0 Å². The molecule has 0 amide bonds. The zero-order chi connectivity index (χ0) is 30.1. The predicted octanol–water partition coefficient (Wildman–Crippen LogP) is 2.77. The van der Waals surface area contributed by atoms with E-state index in [-0.39, 0.29) is 58.4 Å². The molecule has 0 heterocycles. The fraction of sp³-hybridized carbons (Fsp3) is 0.893. The van der Waals surface area contributed by atoms with Gasteiger partial charge in [0.1, 0.15) is 0 Å². The minimum atomic E-state index is -0.935. The summed E-state index contributed by atoms with van der Waals surface area (Å²) in [6.07, 6.45) is 15.3. The Hall–Kier alpha value is -1.11. The first-order valence-corrected chi connectivity index (χ1v) is 14.1. The molecule has 0 aliphatic rings. The van der Waals surface area contributed by atoms with Crippen molar-refractivity contribution in [3.63, 3.8) is 0 Å². The fourth-order valence-electron chi connectivity index (χ4n) is 2.31. The minimum absolute atomic E-state index is 0.176. The van der Waals surface area contributed by atoms with E-state index in [2.05, 4.69) is 6.58 Å². The third-order valence-corrected chi connectivity index (χ3v) is 4.63. The number of carboxylic acids is 1. The SMILES string of the molecule is C=C(C)C(=O)O.OCCCCCCO.OCCCCCCO.OCCCCCCO.OCCCCCCO. The molecule has 0 aromatic heterocycles. The average molecular weight is 559 g/mol.